The zero-order chi connectivity index (χ0) is 22.0. The van der Waals surface area contributed by atoms with Gasteiger partial charge in [0.25, 0.3) is 0 Å². The van der Waals surface area contributed by atoms with Crippen LogP contribution in [0.2, 0.25) is 0 Å². The Labute approximate surface area is 189 Å². The van der Waals surface area contributed by atoms with Crippen molar-refractivity contribution >= 4 is 32.9 Å². The van der Waals surface area contributed by atoms with E-state index < -0.39 is 0 Å². The number of fused-ring (bicyclic) bond motifs is 1. The molecule has 31 heavy (non-hydrogen) atoms. The van der Waals surface area contributed by atoms with Gasteiger partial charge < -0.3 is 14.4 Å². The first-order valence-corrected chi connectivity index (χ1v) is 11.2. The summed E-state index contributed by atoms with van der Waals surface area (Å²) >= 11 is 3.30. The van der Waals surface area contributed by atoms with Gasteiger partial charge >= 0.3 is 6.09 Å². The molecule has 4 rings (SSSR count). The van der Waals surface area contributed by atoms with Crippen LogP contribution in [0.25, 0.3) is 22.0 Å². The van der Waals surface area contributed by atoms with Crippen molar-refractivity contribution in [2.75, 3.05) is 13.1 Å². The van der Waals surface area contributed by atoms with Crippen molar-refractivity contribution in [1.29, 1.82) is 0 Å². The summed E-state index contributed by atoms with van der Waals surface area (Å²) in [7, 11) is 0. The van der Waals surface area contributed by atoms with Crippen molar-refractivity contribution in [3.05, 3.63) is 59.0 Å². The molecule has 1 aliphatic rings. The maximum atomic E-state index is 14.6. The van der Waals surface area contributed by atoms with Crippen LogP contribution in [0.1, 0.15) is 26.7 Å². The van der Waals surface area contributed by atoms with Crippen LogP contribution >= 0.6 is 15.9 Å². The number of pyridine rings is 1. The topological polar surface area (TPSA) is 51.7 Å². The Hall–Kier alpha value is -2.67. The average Bonchev–Trinajstić information content (AvgIpc) is 2.74. The molecule has 1 amide bonds. The number of benzene rings is 2. The number of carbonyl (C=O) groups is 1. The average molecular weight is 487 g/mol. The van der Waals surface area contributed by atoms with Crippen molar-refractivity contribution in [3.8, 4) is 16.9 Å². The molecule has 0 spiro atoms. The van der Waals surface area contributed by atoms with Crippen LogP contribution in [0.15, 0.2) is 53.1 Å². The van der Waals surface area contributed by atoms with Gasteiger partial charge in [-0.2, -0.15) is 0 Å². The molecule has 0 N–H and O–H groups in total. The van der Waals surface area contributed by atoms with Gasteiger partial charge in [0.05, 0.1) is 11.6 Å². The number of rotatable bonds is 4. The van der Waals surface area contributed by atoms with E-state index >= 15 is 0 Å². The predicted molar refractivity (Wildman–Crippen MR) is 122 cm³/mol. The van der Waals surface area contributed by atoms with Crippen molar-refractivity contribution in [2.24, 2.45) is 0 Å². The second kappa shape index (κ2) is 9.22. The van der Waals surface area contributed by atoms with Crippen molar-refractivity contribution < 1.29 is 18.7 Å². The van der Waals surface area contributed by atoms with Gasteiger partial charge in [-0.05, 0) is 38.1 Å². The second-order valence-electron chi connectivity index (χ2n) is 7.87. The van der Waals surface area contributed by atoms with Crippen molar-refractivity contribution in [3.63, 3.8) is 0 Å². The molecule has 2 aromatic carbocycles. The van der Waals surface area contributed by atoms with E-state index in [0.717, 1.165) is 23.8 Å². The Bertz CT molecular complexity index is 1100. The normalized spacial score (nSPS) is 14.8. The Balaban J connectivity index is 1.54. The van der Waals surface area contributed by atoms with Crippen molar-refractivity contribution in [2.45, 2.75) is 38.9 Å². The summed E-state index contributed by atoms with van der Waals surface area (Å²) in [6, 6.07) is 12.5. The number of aromatic nitrogens is 1. The Morgan fingerprint density at radius 2 is 1.94 bits per heavy atom. The summed E-state index contributed by atoms with van der Waals surface area (Å²) in [5.41, 5.74) is 1.91. The molecule has 3 aromatic rings. The SMILES string of the molecule is CC(C)OC(=O)N1CCC(Oc2ccnc3c(-c4ccc(Br)cc4F)cccc23)CC1. The first-order chi connectivity index (χ1) is 14.9. The Kier molecular flexibility index (Phi) is 6.41. The van der Waals surface area contributed by atoms with Crippen LogP contribution < -0.4 is 4.74 Å². The minimum atomic E-state index is -0.310. The fourth-order valence-corrected chi connectivity index (χ4v) is 4.12. The number of carbonyl (C=O) groups excluding carboxylic acids is 1. The highest BCUT2D eigenvalue weighted by molar-refractivity contribution is 9.10. The Morgan fingerprint density at radius 3 is 2.65 bits per heavy atom. The Morgan fingerprint density at radius 1 is 1.16 bits per heavy atom. The van der Waals surface area contributed by atoms with E-state index in [2.05, 4.69) is 20.9 Å². The molecule has 7 heteroatoms. The van der Waals surface area contributed by atoms with Gasteiger partial charge in [-0.1, -0.05) is 34.1 Å². The van der Waals surface area contributed by atoms with E-state index in [9.17, 15) is 9.18 Å². The summed E-state index contributed by atoms with van der Waals surface area (Å²) in [6.45, 7) is 4.87. The highest BCUT2D eigenvalue weighted by Gasteiger charge is 2.26. The number of halogens is 2. The maximum absolute atomic E-state index is 14.6. The third kappa shape index (κ3) is 4.82. The summed E-state index contributed by atoms with van der Waals surface area (Å²) in [5, 5.41) is 0.837. The smallest absolute Gasteiger partial charge is 0.410 e. The van der Waals surface area contributed by atoms with Crippen LogP contribution in [0, 0.1) is 5.82 Å². The van der Waals surface area contributed by atoms with Crippen LogP contribution in [0.5, 0.6) is 5.75 Å². The minimum absolute atomic E-state index is 0.0122. The van der Waals surface area contributed by atoms with E-state index in [1.54, 1.807) is 17.2 Å². The molecular weight excluding hydrogens is 463 g/mol. The number of ether oxygens (including phenoxy) is 2. The van der Waals surface area contributed by atoms with Gasteiger partial charge in [-0.25, -0.2) is 9.18 Å². The molecule has 0 radical (unpaired) electrons. The third-order valence-electron chi connectivity index (χ3n) is 5.28. The molecule has 0 unspecified atom stereocenters. The molecule has 0 saturated carbocycles. The van der Waals surface area contributed by atoms with Gasteiger partial charge in [0.15, 0.2) is 0 Å². The van der Waals surface area contributed by atoms with Crippen molar-refractivity contribution in [1.82, 2.24) is 9.88 Å². The van der Waals surface area contributed by atoms with Crippen LogP contribution in [0.3, 0.4) is 0 Å². The molecule has 1 aromatic heterocycles. The number of amides is 1. The first kappa shape index (κ1) is 21.6. The van der Waals surface area contributed by atoms with Crippen LogP contribution in [-0.4, -0.2) is 41.3 Å². The molecular formula is C24H24BrFN2O3. The van der Waals surface area contributed by atoms with E-state index in [1.165, 1.54) is 6.07 Å². The fraction of sp³-hybridized carbons (Fsp3) is 0.333. The third-order valence-corrected chi connectivity index (χ3v) is 5.78. The van der Waals surface area contributed by atoms with E-state index in [4.69, 9.17) is 9.47 Å². The lowest BCUT2D eigenvalue weighted by Gasteiger charge is -2.32. The molecule has 5 nitrogen and oxygen atoms in total. The summed E-state index contributed by atoms with van der Waals surface area (Å²) in [6.07, 6.45) is 2.71. The lowest BCUT2D eigenvalue weighted by molar-refractivity contribution is 0.0520. The standard InChI is InChI=1S/C24H24BrFN2O3/c1-15(2)30-24(29)28-12-9-17(10-13-28)31-22-8-11-27-23-19(4-3-5-20(22)23)18-7-6-16(25)14-21(18)26/h3-8,11,14-15,17H,9-10,12-13H2,1-2H3. The number of piperidine rings is 1. The fourth-order valence-electron chi connectivity index (χ4n) is 3.79. The van der Waals surface area contributed by atoms with E-state index in [0.29, 0.717) is 34.4 Å². The maximum Gasteiger partial charge on any atom is 0.410 e. The number of para-hydroxylation sites is 1. The molecule has 0 aliphatic carbocycles. The molecule has 1 fully saturated rings. The largest absolute Gasteiger partial charge is 0.490 e. The van der Waals surface area contributed by atoms with E-state index in [1.807, 2.05) is 44.2 Å². The van der Waals surface area contributed by atoms with Gasteiger partial charge in [-0.3, -0.25) is 4.98 Å². The number of likely N-dealkylation sites (tertiary alicyclic amines) is 1. The van der Waals surface area contributed by atoms with Gasteiger partial charge in [0.2, 0.25) is 0 Å². The lowest BCUT2D eigenvalue weighted by atomic mass is 10.0. The number of hydrogen-bond acceptors (Lipinski definition) is 4. The number of nitrogens with zero attached hydrogens (tertiary/aromatic N) is 2. The summed E-state index contributed by atoms with van der Waals surface area (Å²) in [4.78, 5) is 18.3. The number of hydrogen-bond donors (Lipinski definition) is 0. The quantitative estimate of drug-likeness (QED) is 0.440. The monoisotopic (exact) mass is 486 g/mol. The zero-order valence-electron chi connectivity index (χ0n) is 17.5. The zero-order valence-corrected chi connectivity index (χ0v) is 19.1. The summed E-state index contributed by atoms with van der Waals surface area (Å²) in [5.74, 6) is 0.406. The summed E-state index contributed by atoms with van der Waals surface area (Å²) < 4.78 is 26.9. The molecule has 1 saturated heterocycles. The van der Waals surface area contributed by atoms with Gasteiger partial charge in [0, 0.05) is 53.1 Å². The molecule has 162 valence electrons. The minimum Gasteiger partial charge on any atom is -0.490 e. The van der Waals surface area contributed by atoms with Gasteiger partial charge in [-0.15, -0.1) is 0 Å². The second-order valence-corrected chi connectivity index (χ2v) is 8.79. The molecule has 0 bridgehead atoms. The highest BCUT2D eigenvalue weighted by atomic mass is 79.9. The first-order valence-electron chi connectivity index (χ1n) is 10.4. The molecule has 0 atom stereocenters. The van der Waals surface area contributed by atoms with Crippen LogP contribution in [0.4, 0.5) is 9.18 Å². The van der Waals surface area contributed by atoms with Gasteiger partial charge in [0.1, 0.15) is 17.7 Å². The van der Waals surface area contributed by atoms with Crippen LogP contribution in [-0.2, 0) is 4.74 Å². The highest BCUT2D eigenvalue weighted by Crippen LogP contribution is 2.35. The van der Waals surface area contributed by atoms with E-state index in [-0.39, 0.29) is 24.1 Å². The lowest BCUT2D eigenvalue weighted by Crippen LogP contribution is -2.42. The molecule has 1 aliphatic heterocycles. The predicted octanol–water partition coefficient (Wildman–Crippen LogP) is 6.19. The molecule has 2 heterocycles.